The topological polar surface area (TPSA) is 87.3 Å². The van der Waals surface area contributed by atoms with Gasteiger partial charge < -0.3 is 16.0 Å². The Morgan fingerprint density at radius 2 is 0.976 bits per heavy atom. The second kappa shape index (κ2) is 11.6. The van der Waals surface area contributed by atoms with E-state index >= 15 is 0 Å². The number of nitrogens with one attached hydrogen (secondary N) is 3. The minimum atomic E-state index is -0.938. The second-order valence-corrected chi connectivity index (χ2v) is 10.3. The molecule has 0 radical (unpaired) electrons. The third-order valence-electron chi connectivity index (χ3n) is 7.50. The highest BCUT2D eigenvalue weighted by molar-refractivity contribution is 6.02. The largest absolute Gasteiger partial charge is 0.334 e. The van der Waals surface area contributed by atoms with Gasteiger partial charge in [-0.15, -0.1) is 0 Å². The molecule has 5 aromatic carbocycles. The van der Waals surface area contributed by atoms with Crippen molar-refractivity contribution in [3.05, 3.63) is 167 Å². The van der Waals surface area contributed by atoms with E-state index in [9.17, 15) is 14.4 Å². The average Bonchev–Trinajstić information content (AvgIpc) is 3.32. The van der Waals surface area contributed by atoms with Crippen molar-refractivity contribution in [2.45, 2.75) is 18.4 Å². The summed E-state index contributed by atoms with van der Waals surface area (Å²) in [4.78, 5) is 38.4. The lowest BCUT2D eigenvalue weighted by atomic mass is 9.78. The molecule has 0 aliphatic carbocycles. The highest BCUT2D eigenvalue weighted by atomic mass is 16.2. The normalized spacial score (nSPS) is 13.1. The minimum absolute atomic E-state index is 0.104. The maximum absolute atomic E-state index is 13.2. The quantitative estimate of drug-likeness (QED) is 0.218. The van der Waals surface area contributed by atoms with Crippen molar-refractivity contribution in [1.82, 2.24) is 5.32 Å². The molecule has 6 heteroatoms. The van der Waals surface area contributed by atoms with Gasteiger partial charge >= 0.3 is 0 Å². The number of carbonyl (C=O) groups excluding carboxylic acids is 3. The molecule has 5 aromatic rings. The molecule has 0 fully saturated rings. The molecule has 206 valence electrons. The summed E-state index contributed by atoms with van der Waals surface area (Å²) in [5.41, 5.74) is 5.44. The molecule has 0 unspecified atom stereocenters. The Bertz CT molecular complexity index is 1630. The van der Waals surface area contributed by atoms with Gasteiger partial charge in [-0.2, -0.15) is 0 Å². The first-order chi connectivity index (χ1) is 20.5. The summed E-state index contributed by atoms with van der Waals surface area (Å²) < 4.78 is 0. The van der Waals surface area contributed by atoms with Crippen LogP contribution in [0, 0.1) is 0 Å². The van der Waals surface area contributed by atoms with E-state index in [2.05, 4.69) is 16.0 Å². The molecule has 3 amide bonds. The van der Waals surface area contributed by atoms with Crippen LogP contribution in [0.4, 0.5) is 11.4 Å². The predicted molar refractivity (Wildman–Crippen MR) is 164 cm³/mol. The van der Waals surface area contributed by atoms with Crippen LogP contribution in [0.1, 0.15) is 38.2 Å². The van der Waals surface area contributed by atoms with E-state index in [1.54, 1.807) is 0 Å². The van der Waals surface area contributed by atoms with Gasteiger partial charge in [0.05, 0.1) is 12.8 Å². The molecule has 0 saturated carbocycles. The Balaban J connectivity index is 1.27. The lowest BCUT2D eigenvalue weighted by molar-refractivity contribution is -0.116. The van der Waals surface area contributed by atoms with Gasteiger partial charge in [0.2, 0.25) is 11.8 Å². The standard InChI is InChI=1S/C36H29N3O3/c40-33(23-25-9-3-1-4-10-25)37-29-19-15-27(16-20-29)36(32-14-8-7-13-31(32)35(42)39-36)28-17-21-30(22-18-28)38-34(41)24-26-11-5-2-6-12-26/h1-22H,23-24H2,(H,37,40)(H,38,41)(H,39,42). The molecule has 0 aromatic heterocycles. The lowest BCUT2D eigenvalue weighted by Crippen LogP contribution is -2.41. The molecule has 1 aliphatic rings. The van der Waals surface area contributed by atoms with Gasteiger partial charge in [0.1, 0.15) is 5.54 Å². The van der Waals surface area contributed by atoms with E-state index in [-0.39, 0.29) is 30.6 Å². The molecule has 0 atom stereocenters. The fourth-order valence-electron chi connectivity index (χ4n) is 5.52. The summed E-state index contributed by atoms with van der Waals surface area (Å²) >= 11 is 0. The van der Waals surface area contributed by atoms with E-state index in [1.807, 2.05) is 133 Å². The van der Waals surface area contributed by atoms with Crippen LogP contribution in [0.25, 0.3) is 0 Å². The third-order valence-corrected chi connectivity index (χ3v) is 7.50. The molecule has 6 rings (SSSR count). The number of anilines is 2. The molecule has 3 N–H and O–H groups in total. The van der Waals surface area contributed by atoms with E-state index < -0.39 is 5.54 Å². The summed E-state index contributed by atoms with van der Waals surface area (Å²) in [6.07, 6.45) is 0.564. The van der Waals surface area contributed by atoms with Gasteiger partial charge in [0.25, 0.3) is 5.91 Å². The maximum Gasteiger partial charge on any atom is 0.252 e. The van der Waals surface area contributed by atoms with Gasteiger partial charge in [-0.25, -0.2) is 0 Å². The molecule has 0 bridgehead atoms. The first-order valence-electron chi connectivity index (χ1n) is 13.8. The first kappa shape index (κ1) is 26.7. The van der Waals surface area contributed by atoms with Gasteiger partial charge in [0.15, 0.2) is 0 Å². The summed E-state index contributed by atoms with van der Waals surface area (Å²) in [6, 6.07) is 41.9. The molecule has 0 saturated heterocycles. The van der Waals surface area contributed by atoms with Crippen molar-refractivity contribution in [2.24, 2.45) is 0 Å². The van der Waals surface area contributed by atoms with Crippen LogP contribution in [-0.4, -0.2) is 17.7 Å². The van der Waals surface area contributed by atoms with Crippen molar-refractivity contribution in [1.29, 1.82) is 0 Å². The van der Waals surface area contributed by atoms with Crippen molar-refractivity contribution < 1.29 is 14.4 Å². The lowest BCUT2D eigenvalue weighted by Gasteiger charge is -2.32. The van der Waals surface area contributed by atoms with Crippen LogP contribution in [0.15, 0.2) is 133 Å². The van der Waals surface area contributed by atoms with E-state index in [4.69, 9.17) is 0 Å². The van der Waals surface area contributed by atoms with Crippen LogP contribution < -0.4 is 16.0 Å². The molecule has 6 nitrogen and oxygen atoms in total. The van der Waals surface area contributed by atoms with Crippen molar-refractivity contribution in [3.8, 4) is 0 Å². The van der Waals surface area contributed by atoms with Crippen molar-refractivity contribution in [3.63, 3.8) is 0 Å². The Morgan fingerprint density at radius 1 is 0.548 bits per heavy atom. The Morgan fingerprint density at radius 3 is 1.45 bits per heavy atom. The molecular weight excluding hydrogens is 522 g/mol. The number of benzene rings is 5. The molecular formula is C36H29N3O3. The number of fused-ring (bicyclic) bond motifs is 1. The number of hydrogen-bond acceptors (Lipinski definition) is 3. The van der Waals surface area contributed by atoms with Gasteiger partial charge in [-0.3, -0.25) is 14.4 Å². The third kappa shape index (κ3) is 5.43. The number of amides is 3. The molecule has 1 aliphatic heterocycles. The summed E-state index contributed by atoms with van der Waals surface area (Å²) in [6.45, 7) is 0. The van der Waals surface area contributed by atoms with E-state index in [1.165, 1.54) is 0 Å². The maximum atomic E-state index is 13.2. The van der Waals surface area contributed by atoms with Gasteiger partial charge in [-0.05, 0) is 58.1 Å². The second-order valence-electron chi connectivity index (χ2n) is 10.3. The smallest absolute Gasteiger partial charge is 0.252 e. The first-order valence-corrected chi connectivity index (χ1v) is 13.8. The zero-order valence-corrected chi connectivity index (χ0v) is 22.8. The zero-order chi connectivity index (χ0) is 28.9. The molecule has 42 heavy (non-hydrogen) atoms. The highest BCUT2D eigenvalue weighted by Gasteiger charge is 2.45. The summed E-state index contributed by atoms with van der Waals surface area (Å²) in [5, 5.41) is 9.17. The van der Waals surface area contributed by atoms with Crippen LogP contribution >= 0.6 is 0 Å². The van der Waals surface area contributed by atoms with Gasteiger partial charge in [0, 0.05) is 16.9 Å². The summed E-state index contributed by atoms with van der Waals surface area (Å²) in [5.74, 6) is -0.368. The van der Waals surface area contributed by atoms with Crippen molar-refractivity contribution in [2.75, 3.05) is 10.6 Å². The van der Waals surface area contributed by atoms with Gasteiger partial charge in [-0.1, -0.05) is 103 Å². The number of rotatable bonds is 8. The average molecular weight is 552 g/mol. The number of hydrogen-bond donors (Lipinski definition) is 3. The molecule has 0 spiro atoms. The van der Waals surface area contributed by atoms with Crippen molar-refractivity contribution >= 4 is 29.1 Å². The fourth-order valence-corrected chi connectivity index (χ4v) is 5.52. The van der Waals surface area contributed by atoms with E-state index in [0.717, 1.165) is 27.8 Å². The zero-order valence-electron chi connectivity index (χ0n) is 22.8. The Labute approximate surface area is 244 Å². The summed E-state index contributed by atoms with van der Waals surface area (Å²) in [7, 11) is 0. The minimum Gasteiger partial charge on any atom is -0.334 e. The monoisotopic (exact) mass is 551 g/mol. The van der Waals surface area contributed by atoms with Crippen LogP contribution in [0.2, 0.25) is 0 Å². The Hall–Kier alpha value is -5.49. The highest BCUT2D eigenvalue weighted by Crippen LogP contribution is 2.43. The van der Waals surface area contributed by atoms with Crippen LogP contribution in [0.3, 0.4) is 0 Å². The molecule has 1 heterocycles. The SMILES string of the molecule is O=C(Cc1ccccc1)Nc1ccc(C2(c3ccc(NC(=O)Cc4ccccc4)cc3)NC(=O)c3ccccc32)cc1. The fraction of sp³-hybridized carbons (Fsp3) is 0.0833. The van der Waals surface area contributed by atoms with E-state index in [0.29, 0.717) is 16.9 Å². The predicted octanol–water partition coefficient (Wildman–Crippen LogP) is 6.08. The number of carbonyl (C=O) groups is 3. The Kier molecular flexibility index (Phi) is 7.35. The van der Waals surface area contributed by atoms with Crippen LogP contribution in [0.5, 0.6) is 0 Å². The van der Waals surface area contributed by atoms with Crippen LogP contribution in [-0.2, 0) is 28.0 Å².